The highest BCUT2D eigenvalue weighted by atomic mass is 16.3. The van der Waals surface area contributed by atoms with Crippen LogP contribution in [0, 0.1) is 0 Å². The summed E-state index contributed by atoms with van der Waals surface area (Å²) in [5.41, 5.74) is 10.2. The summed E-state index contributed by atoms with van der Waals surface area (Å²) in [4.78, 5) is 0. The Labute approximate surface area is 167 Å². The van der Waals surface area contributed by atoms with E-state index in [0.717, 1.165) is 11.3 Å². The number of para-hydroxylation sites is 3. The Morgan fingerprint density at radius 3 is 2.41 bits per heavy atom. The molecule has 0 bridgehead atoms. The Morgan fingerprint density at radius 1 is 0.655 bits per heavy atom. The van der Waals surface area contributed by atoms with E-state index in [1.807, 2.05) is 0 Å². The van der Waals surface area contributed by atoms with Crippen molar-refractivity contribution >= 4 is 55.9 Å². The number of nitrogens with zero attached hydrogens (tertiary/aromatic N) is 1. The third kappa shape index (κ3) is 1.48. The fourth-order valence-electron chi connectivity index (χ4n) is 5.77. The Morgan fingerprint density at radius 2 is 1.45 bits per heavy atom. The van der Waals surface area contributed by atoms with Gasteiger partial charge in [0.1, 0.15) is 11.3 Å². The van der Waals surface area contributed by atoms with Crippen LogP contribution in [0.4, 0.5) is 0 Å². The summed E-state index contributed by atoms with van der Waals surface area (Å²) in [6.45, 7) is 0.223. The van der Waals surface area contributed by atoms with Crippen LogP contribution >= 0.6 is 0 Å². The van der Waals surface area contributed by atoms with Gasteiger partial charge < -0.3 is 8.98 Å². The van der Waals surface area contributed by atoms with E-state index in [9.17, 15) is 0 Å². The lowest BCUT2D eigenvalue weighted by atomic mass is 9.37. The van der Waals surface area contributed by atoms with Crippen molar-refractivity contribution in [3.63, 3.8) is 0 Å². The monoisotopic (exact) mass is 367 g/mol. The molecule has 2 aliphatic heterocycles. The minimum atomic E-state index is 0.223. The average Bonchev–Trinajstić information content (AvgIpc) is 3.41. The molecule has 0 spiro atoms. The third-order valence-electron chi connectivity index (χ3n) is 6.82. The van der Waals surface area contributed by atoms with Crippen molar-refractivity contribution in [2.45, 2.75) is 0 Å². The fraction of sp³-hybridized carbons (Fsp3) is 0. The first-order valence-electron chi connectivity index (χ1n) is 10.1. The number of hydrogen-bond donors (Lipinski definition) is 0. The van der Waals surface area contributed by atoms with Crippen molar-refractivity contribution in [2.75, 3.05) is 0 Å². The maximum absolute atomic E-state index is 6.42. The molecule has 0 amide bonds. The van der Waals surface area contributed by atoms with Crippen LogP contribution in [0.5, 0.6) is 0 Å². The first kappa shape index (κ1) is 14.3. The van der Waals surface area contributed by atoms with Crippen molar-refractivity contribution in [3.8, 4) is 17.0 Å². The molecular weight excluding hydrogens is 353 g/mol. The second-order valence-electron chi connectivity index (χ2n) is 8.11. The first-order chi connectivity index (χ1) is 14.4. The van der Waals surface area contributed by atoms with Crippen molar-refractivity contribution in [3.05, 3.63) is 84.9 Å². The van der Waals surface area contributed by atoms with Gasteiger partial charge in [-0.2, -0.15) is 0 Å². The molecule has 0 atom stereocenters. The minimum Gasteiger partial charge on any atom is -0.457 e. The molecule has 4 aromatic carbocycles. The number of rotatable bonds is 0. The van der Waals surface area contributed by atoms with E-state index < -0.39 is 0 Å². The Bertz CT molecular complexity index is 1670. The van der Waals surface area contributed by atoms with E-state index in [1.54, 1.807) is 0 Å². The summed E-state index contributed by atoms with van der Waals surface area (Å²) in [5.74, 6) is 1.04. The van der Waals surface area contributed by atoms with E-state index in [2.05, 4.69) is 89.5 Å². The Hall–Kier alpha value is -3.72. The van der Waals surface area contributed by atoms with Gasteiger partial charge >= 0.3 is 0 Å². The number of hydrogen-bond acceptors (Lipinski definition) is 1. The predicted octanol–water partition coefficient (Wildman–Crippen LogP) is 4.34. The molecule has 4 heterocycles. The van der Waals surface area contributed by atoms with Gasteiger partial charge in [0.2, 0.25) is 0 Å². The van der Waals surface area contributed by atoms with Crippen LogP contribution in [0.3, 0.4) is 0 Å². The molecule has 3 heteroatoms. The topological polar surface area (TPSA) is 18.1 Å². The van der Waals surface area contributed by atoms with Gasteiger partial charge in [-0.05, 0) is 34.6 Å². The molecule has 2 aliphatic rings. The van der Waals surface area contributed by atoms with Crippen LogP contribution in [-0.2, 0) is 0 Å². The van der Waals surface area contributed by atoms with Gasteiger partial charge in [-0.25, -0.2) is 0 Å². The zero-order valence-electron chi connectivity index (χ0n) is 15.5. The molecule has 0 aliphatic carbocycles. The minimum absolute atomic E-state index is 0.223. The Kier molecular flexibility index (Phi) is 2.29. The standard InChI is InChI=1S/C26H14BNO/c1-4-10-20-15(7-1)16-13-14-18-23-25(16)28(20)21-11-5-3-9-19(21)27(23)24-17-8-2-6-12-22(17)29-26(18)24/h1-14H. The average molecular weight is 367 g/mol. The molecule has 0 N–H and O–H groups in total. The first-order valence-corrected chi connectivity index (χ1v) is 10.1. The smallest absolute Gasteiger partial charge is 0.253 e. The molecule has 0 unspecified atom stereocenters. The van der Waals surface area contributed by atoms with Gasteiger partial charge in [0, 0.05) is 27.4 Å². The quantitative estimate of drug-likeness (QED) is 0.365. The number of benzene rings is 4. The van der Waals surface area contributed by atoms with E-state index in [-0.39, 0.29) is 6.71 Å². The summed E-state index contributed by atoms with van der Waals surface area (Å²) >= 11 is 0. The predicted molar refractivity (Wildman–Crippen MR) is 121 cm³/mol. The van der Waals surface area contributed by atoms with Gasteiger partial charge in [0.15, 0.2) is 0 Å². The lowest BCUT2D eigenvalue weighted by Crippen LogP contribution is -2.53. The third-order valence-corrected chi connectivity index (χ3v) is 6.82. The molecule has 2 nitrogen and oxygen atoms in total. The summed E-state index contributed by atoms with van der Waals surface area (Å²) in [6.07, 6.45) is 0. The molecule has 8 rings (SSSR count). The molecule has 0 saturated heterocycles. The zero-order valence-corrected chi connectivity index (χ0v) is 15.5. The van der Waals surface area contributed by atoms with Crippen LogP contribution in [-0.4, -0.2) is 11.3 Å². The second kappa shape index (κ2) is 4.64. The van der Waals surface area contributed by atoms with Gasteiger partial charge in [-0.1, -0.05) is 66.7 Å². The lowest BCUT2D eigenvalue weighted by Gasteiger charge is -2.24. The van der Waals surface area contributed by atoms with Crippen LogP contribution in [0.2, 0.25) is 0 Å². The molecule has 2 aromatic heterocycles. The second-order valence-corrected chi connectivity index (χ2v) is 8.11. The Balaban J connectivity index is 1.68. The van der Waals surface area contributed by atoms with Crippen molar-refractivity contribution in [2.24, 2.45) is 0 Å². The van der Waals surface area contributed by atoms with E-state index in [0.29, 0.717) is 0 Å². The summed E-state index contributed by atoms with van der Waals surface area (Å²) < 4.78 is 8.88. The van der Waals surface area contributed by atoms with Gasteiger partial charge in [-0.3, -0.25) is 0 Å². The van der Waals surface area contributed by atoms with Crippen molar-refractivity contribution in [1.82, 2.24) is 4.57 Å². The normalized spacial score (nSPS) is 13.4. The molecule has 0 radical (unpaired) electrons. The lowest BCUT2D eigenvalue weighted by molar-refractivity contribution is 0.635. The van der Waals surface area contributed by atoms with E-state index in [1.165, 1.54) is 54.8 Å². The van der Waals surface area contributed by atoms with Gasteiger partial charge in [0.05, 0.1) is 11.0 Å². The maximum atomic E-state index is 6.42. The number of fused-ring (bicyclic) bond motifs is 11. The molecule has 0 saturated carbocycles. The van der Waals surface area contributed by atoms with Crippen molar-refractivity contribution < 1.29 is 4.42 Å². The van der Waals surface area contributed by atoms with Crippen LogP contribution in [0.1, 0.15) is 0 Å². The van der Waals surface area contributed by atoms with Gasteiger partial charge in [-0.15, -0.1) is 0 Å². The van der Waals surface area contributed by atoms with E-state index >= 15 is 0 Å². The molecule has 132 valence electrons. The SMILES string of the molecule is c1ccc2c(c1)B1c3c(oc4ccccc34)-c3ccc4c5ccccc5n-2c4c31. The number of furan rings is 1. The van der Waals surface area contributed by atoms with E-state index in [4.69, 9.17) is 4.42 Å². The molecule has 29 heavy (non-hydrogen) atoms. The summed E-state index contributed by atoms with van der Waals surface area (Å²) in [5, 5.41) is 3.87. The highest BCUT2D eigenvalue weighted by molar-refractivity contribution is 7.02. The molecule has 6 aromatic rings. The van der Waals surface area contributed by atoms with Crippen LogP contribution in [0.25, 0.3) is 49.8 Å². The summed E-state index contributed by atoms with van der Waals surface area (Å²) in [6, 6.07) is 30.6. The van der Waals surface area contributed by atoms with Gasteiger partial charge in [0.25, 0.3) is 6.71 Å². The van der Waals surface area contributed by atoms with Crippen molar-refractivity contribution in [1.29, 1.82) is 0 Å². The number of aromatic nitrogens is 1. The largest absolute Gasteiger partial charge is 0.457 e. The van der Waals surface area contributed by atoms with Crippen LogP contribution in [0.15, 0.2) is 89.3 Å². The molecule has 0 fully saturated rings. The molecular formula is C26H14BNO. The highest BCUT2D eigenvalue weighted by Crippen LogP contribution is 2.39. The van der Waals surface area contributed by atoms with Crippen LogP contribution < -0.4 is 16.4 Å². The zero-order chi connectivity index (χ0) is 18.7. The summed E-state index contributed by atoms with van der Waals surface area (Å²) in [7, 11) is 0. The maximum Gasteiger partial charge on any atom is 0.253 e. The highest BCUT2D eigenvalue weighted by Gasteiger charge is 2.44. The fourth-order valence-corrected chi connectivity index (χ4v) is 5.77.